The fourth-order valence-electron chi connectivity index (χ4n) is 3.14. The molecule has 0 atom stereocenters. The molecular weight excluding hydrogens is 386 g/mol. The van der Waals surface area contributed by atoms with Crippen LogP contribution in [0.5, 0.6) is 0 Å². The summed E-state index contributed by atoms with van der Waals surface area (Å²) in [5, 5.41) is 8.79. The first-order chi connectivity index (χ1) is 13.6. The molecule has 0 aliphatic heterocycles. The Morgan fingerprint density at radius 1 is 0.828 bits per heavy atom. The molecule has 1 aromatic rings. The quantitative estimate of drug-likeness (QED) is 0.260. The third-order valence-corrected chi connectivity index (χ3v) is 5.95. The molecule has 6 heteroatoms. The van der Waals surface area contributed by atoms with Gasteiger partial charge in [0.1, 0.15) is 10.1 Å². The zero-order valence-corrected chi connectivity index (χ0v) is 19.8. The van der Waals surface area contributed by atoms with Crippen molar-refractivity contribution < 1.29 is 22.6 Å². The first kappa shape index (κ1) is 28.1. The van der Waals surface area contributed by atoms with Crippen molar-refractivity contribution in [2.24, 2.45) is 0 Å². The number of quaternary nitrogens is 1. The molecule has 1 aromatic carbocycles. The van der Waals surface area contributed by atoms with E-state index in [4.69, 9.17) is 5.11 Å². The molecule has 29 heavy (non-hydrogen) atoms. The predicted molar refractivity (Wildman–Crippen MR) is 120 cm³/mol. The molecule has 170 valence electrons. The van der Waals surface area contributed by atoms with Crippen molar-refractivity contribution in [1.29, 1.82) is 0 Å². The van der Waals surface area contributed by atoms with E-state index >= 15 is 0 Å². The van der Waals surface area contributed by atoms with E-state index in [1.165, 1.54) is 76.6 Å². The standard InChI is InChI=1S/C16H36NO.C7H8O3S/c1-4-5-6-7-8-9-10-11-14-17(2,3)15-12-13-16-18;1-6-2-4-7(5-3-6)11(8,9)10/h18H,4-16H2,1-3H3;2-5H,1H3,(H,8,9,10)/q+1;/p-1. The lowest BCUT2D eigenvalue weighted by molar-refractivity contribution is -0.890. The van der Waals surface area contributed by atoms with Gasteiger partial charge in [-0.1, -0.05) is 63.1 Å². The summed E-state index contributed by atoms with van der Waals surface area (Å²) in [4.78, 5) is -0.178. The summed E-state index contributed by atoms with van der Waals surface area (Å²) >= 11 is 0. The molecule has 0 fully saturated rings. The van der Waals surface area contributed by atoms with E-state index in [0.717, 1.165) is 22.9 Å². The number of benzene rings is 1. The number of rotatable bonds is 14. The molecule has 1 N–H and O–H groups in total. The molecule has 0 aromatic heterocycles. The fourth-order valence-corrected chi connectivity index (χ4v) is 3.61. The van der Waals surface area contributed by atoms with Crippen LogP contribution in [0.15, 0.2) is 29.2 Å². The van der Waals surface area contributed by atoms with E-state index in [2.05, 4.69) is 21.0 Å². The molecule has 0 saturated heterocycles. The summed E-state index contributed by atoms with van der Waals surface area (Å²) in [5.41, 5.74) is 0.928. The largest absolute Gasteiger partial charge is 0.744 e. The van der Waals surface area contributed by atoms with E-state index in [9.17, 15) is 13.0 Å². The third kappa shape index (κ3) is 16.5. The molecule has 1 rings (SSSR count). The SMILES string of the molecule is CCCCCCCCCC[N+](C)(C)CCCCO.Cc1ccc(S(=O)(=O)[O-])cc1. The Labute approximate surface area is 179 Å². The van der Waals surface area contributed by atoms with Gasteiger partial charge in [0, 0.05) is 6.61 Å². The molecule has 0 unspecified atom stereocenters. The van der Waals surface area contributed by atoms with Crippen LogP contribution in [0, 0.1) is 6.92 Å². The van der Waals surface area contributed by atoms with Crippen LogP contribution in [0.4, 0.5) is 0 Å². The zero-order valence-electron chi connectivity index (χ0n) is 19.0. The van der Waals surface area contributed by atoms with Gasteiger partial charge in [0.15, 0.2) is 0 Å². The van der Waals surface area contributed by atoms with Gasteiger partial charge in [0.2, 0.25) is 0 Å². The Kier molecular flexibility index (Phi) is 15.3. The molecule has 0 aliphatic rings. The van der Waals surface area contributed by atoms with Crippen molar-refractivity contribution in [1.82, 2.24) is 0 Å². The summed E-state index contributed by atoms with van der Waals surface area (Å²) in [7, 11) is 0.367. The highest BCUT2D eigenvalue weighted by Gasteiger charge is 2.13. The fraction of sp³-hybridized carbons (Fsp3) is 0.739. The second-order valence-electron chi connectivity index (χ2n) is 8.56. The van der Waals surface area contributed by atoms with Gasteiger partial charge in [-0.3, -0.25) is 0 Å². The Bertz CT molecular complexity index is 612. The number of aliphatic hydroxyl groups is 1. The molecular formula is C23H43NO4S. The number of aliphatic hydroxyl groups excluding tert-OH is 1. The summed E-state index contributed by atoms with van der Waals surface area (Å²) in [5.74, 6) is 0. The molecule has 0 spiro atoms. The first-order valence-corrected chi connectivity index (χ1v) is 12.5. The lowest BCUT2D eigenvalue weighted by atomic mass is 10.1. The summed E-state index contributed by atoms with van der Waals surface area (Å²) in [6.45, 7) is 6.94. The number of hydrogen-bond donors (Lipinski definition) is 1. The number of aryl methyl sites for hydroxylation is 1. The van der Waals surface area contributed by atoms with Crippen molar-refractivity contribution in [3.63, 3.8) is 0 Å². The first-order valence-electron chi connectivity index (χ1n) is 11.1. The maximum atomic E-state index is 10.4. The molecule has 0 aliphatic carbocycles. The Hall–Kier alpha value is -0.950. The smallest absolute Gasteiger partial charge is 0.124 e. The van der Waals surface area contributed by atoms with Crippen molar-refractivity contribution in [2.45, 2.75) is 83.0 Å². The van der Waals surface area contributed by atoms with Gasteiger partial charge < -0.3 is 14.1 Å². The van der Waals surface area contributed by atoms with Crippen LogP contribution in [0.3, 0.4) is 0 Å². The maximum Gasteiger partial charge on any atom is 0.124 e. The highest BCUT2D eigenvalue weighted by molar-refractivity contribution is 7.85. The third-order valence-electron chi connectivity index (χ3n) is 5.10. The molecule has 5 nitrogen and oxygen atoms in total. The molecule has 0 bridgehead atoms. The van der Waals surface area contributed by atoms with Gasteiger partial charge in [-0.05, 0) is 44.7 Å². The number of unbranched alkanes of at least 4 members (excludes halogenated alkanes) is 8. The minimum atomic E-state index is -4.27. The van der Waals surface area contributed by atoms with Gasteiger partial charge in [0.25, 0.3) is 0 Å². The van der Waals surface area contributed by atoms with Crippen LogP contribution in [0.1, 0.15) is 76.7 Å². The highest BCUT2D eigenvalue weighted by atomic mass is 32.2. The number of hydrogen-bond acceptors (Lipinski definition) is 4. The Morgan fingerprint density at radius 2 is 1.28 bits per heavy atom. The average molecular weight is 430 g/mol. The van der Waals surface area contributed by atoms with Gasteiger partial charge in [-0.25, -0.2) is 8.42 Å². The summed E-state index contributed by atoms with van der Waals surface area (Å²) in [6.07, 6.45) is 13.3. The maximum absolute atomic E-state index is 10.4. The van der Waals surface area contributed by atoms with Gasteiger partial charge in [-0.2, -0.15) is 0 Å². The highest BCUT2D eigenvalue weighted by Crippen LogP contribution is 2.11. The Balaban J connectivity index is 0.000000604. The zero-order chi connectivity index (χ0) is 22.2. The topological polar surface area (TPSA) is 77.4 Å². The second kappa shape index (κ2) is 15.8. The van der Waals surface area contributed by atoms with Gasteiger partial charge in [-0.15, -0.1) is 0 Å². The molecule has 0 heterocycles. The average Bonchev–Trinajstić information content (AvgIpc) is 2.64. The lowest BCUT2D eigenvalue weighted by Crippen LogP contribution is -2.41. The lowest BCUT2D eigenvalue weighted by Gasteiger charge is -2.29. The van der Waals surface area contributed by atoms with Crippen LogP contribution in [0.2, 0.25) is 0 Å². The Morgan fingerprint density at radius 3 is 1.72 bits per heavy atom. The van der Waals surface area contributed by atoms with Crippen LogP contribution in [-0.4, -0.2) is 56.4 Å². The van der Waals surface area contributed by atoms with E-state index in [1.807, 2.05) is 6.92 Å². The second-order valence-corrected chi connectivity index (χ2v) is 9.94. The minimum absolute atomic E-state index is 0.178. The summed E-state index contributed by atoms with van der Waals surface area (Å²) in [6, 6.07) is 5.78. The van der Waals surface area contributed by atoms with E-state index < -0.39 is 10.1 Å². The van der Waals surface area contributed by atoms with Crippen molar-refractivity contribution >= 4 is 10.1 Å². The van der Waals surface area contributed by atoms with E-state index in [0.29, 0.717) is 6.61 Å². The molecule has 0 saturated carbocycles. The van der Waals surface area contributed by atoms with Crippen molar-refractivity contribution in [3.05, 3.63) is 29.8 Å². The normalized spacial score (nSPS) is 11.8. The van der Waals surface area contributed by atoms with Crippen LogP contribution >= 0.6 is 0 Å². The van der Waals surface area contributed by atoms with Gasteiger partial charge in [0.05, 0.1) is 32.1 Å². The molecule has 0 radical (unpaired) electrons. The van der Waals surface area contributed by atoms with E-state index in [1.54, 1.807) is 12.1 Å². The molecule has 0 amide bonds. The van der Waals surface area contributed by atoms with Crippen molar-refractivity contribution in [2.75, 3.05) is 33.8 Å². The number of nitrogens with zero attached hydrogens (tertiary/aromatic N) is 1. The van der Waals surface area contributed by atoms with E-state index in [-0.39, 0.29) is 4.90 Å². The monoisotopic (exact) mass is 429 g/mol. The summed E-state index contributed by atoms with van der Waals surface area (Å²) < 4.78 is 32.3. The minimum Gasteiger partial charge on any atom is -0.744 e. The van der Waals surface area contributed by atoms with Crippen molar-refractivity contribution in [3.8, 4) is 0 Å². The predicted octanol–water partition coefficient (Wildman–Crippen LogP) is 4.88. The van der Waals surface area contributed by atoms with Crippen LogP contribution in [-0.2, 0) is 10.1 Å². The van der Waals surface area contributed by atoms with Gasteiger partial charge >= 0.3 is 0 Å². The van der Waals surface area contributed by atoms with Crippen LogP contribution < -0.4 is 0 Å². The van der Waals surface area contributed by atoms with Crippen LogP contribution in [0.25, 0.3) is 0 Å².